The Kier molecular flexibility index (Phi) is 5.31. The summed E-state index contributed by atoms with van der Waals surface area (Å²) in [7, 11) is 0. The van der Waals surface area contributed by atoms with Gasteiger partial charge in [-0.1, -0.05) is 24.3 Å². The molecule has 2 rings (SSSR count). The molecule has 1 N–H and O–H groups in total. The summed E-state index contributed by atoms with van der Waals surface area (Å²) in [6.07, 6.45) is 0. The third-order valence-electron chi connectivity index (χ3n) is 3.29. The first kappa shape index (κ1) is 15.8. The minimum absolute atomic E-state index is 0.240. The Bertz CT molecular complexity index is 676. The monoisotopic (exact) mass is 296 g/mol. The van der Waals surface area contributed by atoms with Gasteiger partial charge in [0.2, 0.25) is 0 Å². The van der Waals surface area contributed by atoms with Crippen molar-refractivity contribution in [3.05, 3.63) is 65.2 Å². The SMILES string of the molecule is CCOc1ccc(C(=O)N/N=C(/C)c2ccccc2C)cc1. The summed E-state index contributed by atoms with van der Waals surface area (Å²) in [5.41, 5.74) is 6.05. The van der Waals surface area contributed by atoms with Gasteiger partial charge in [-0.2, -0.15) is 5.10 Å². The quantitative estimate of drug-likeness (QED) is 0.677. The number of nitrogens with zero attached hydrogens (tertiary/aromatic N) is 1. The van der Waals surface area contributed by atoms with Crippen LogP contribution in [-0.4, -0.2) is 18.2 Å². The minimum Gasteiger partial charge on any atom is -0.494 e. The molecular weight excluding hydrogens is 276 g/mol. The molecule has 0 heterocycles. The van der Waals surface area contributed by atoms with Gasteiger partial charge >= 0.3 is 0 Å². The maximum absolute atomic E-state index is 12.1. The molecular formula is C18H20N2O2. The van der Waals surface area contributed by atoms with Crippen molar-refractivity contribution in [3.63, 3.8) is 0 Å². The second-order valence-corrected chi connectivity index (χ2v) is 4.91. The van der Waals surface area contributed by atoms with Crippen LogP contribution in [-0.2, 0) is 0 Å². The van der Waals surface area contributed by atoms with Crippen LogP contribution in [0.4, 0.5) is 0 Å². The number of hydrogen-bond donors (Lipinski definition) is 1. The van der Waals surface area contributed by atoms with E-state index in [2.05, 4.69) is 10.5 Å². The van der Waals surface area contributed by atoms with Gasteiger partial charge in [-0.05, 0) is 50.6 Å². The summed E-state index contributed by atoms with van der Waals surface area (Å²) in [4.78, 5) is 12.1. The summed E-state index contributed by atoms with van der Waals surface area (Å²) in [5, 5.41) is 4.18. The highest BCUT2D eigenvalue weighted by molar-refractivity contribution is 6.01. The Morgan fingerprint density at radius 3 is 2.45 bits per heavy atom. The fourth-order valence-electron chi connectivity index (χ4n) is 2.11. The van der Waals surface area contributed by atoms with Crippen LogP contribution in [0.1, 0.15) is 35.3 Å². The first-order valence-electron chi connectivity index (χ1n) is 7.25. The van der Waals surface area contributed by atoms with Crippen molar-refractivity contribution in [1.29, 1.82) is 0 Å². The van der Waals surface area contributed by atoms with Crippen molar-refractivity contribution in [2.45, 2.75) is 20.8 Å². The number of hydrogen-bond acceptors (Lipinski definition) is 3. The van der Waals surface area contributed by atoms with E-state index >= 15 is 0 Å². The molecule has 0 bridgehead atoms. The van der Waals surface area contributed by atoms with Crippen molar-refractivity contribution >= 4 is 11.6 Å². The molecule has 0 aliphatic rings. The second kappa shape index (κ2) is 7.41. The lowest BCUT2D eigenvalue weighted by atomic mass is 10.1. The Balaban J connectivity index is 2.05. The van der Waals surface area contributed by atoms with Crippen molar-refractivity contribution < 1.29 is 9.53 Å². The zero-order chi connectivity index (χ0) is 15.9. The number of aryl methyl sites for hydroxylation is 1. The number of hydrazone groups is 1. The summed E-state index contributed by atoms with van der Waals surface area (Å²) in [5.74, 6) is 0.509. The molecule has 0 saturated carbocycles. The lowest BCUT2D eigenvalue weighted by molar-refractivity contribution is 0.0955. The van der Waals surface area contributed by atoms with E-state index in [0.717, 1.165) is 22.6 Å². The van der Waals surface area contributed by atoms with Crippen LogP contribution in [0, 0.1) is 6.92 Å². The number of benzene rings is 2. The molecule has 0 atom stereocenters. The van der Waals surface area contributed by atoms with Crippen LogP contribution < -0.4 is 10.2 Å². The number of carbonyl (C=O) groups excluding carboxylic acids is 1. The van der Waals surface area contributed by atoms with Crippen molar-refractivity contribution in [1.82, 2.24) is 5.43 Å². The van der Waals surface area contributed by atoms with Gasteiger partial charge in [0.05, 0.1) is 12.3 Å². The first-order valence-corrected chi connectivity index (χ1v) is 7.25. The standard InChI is InChI=1S/C18H20N2O2/c1-4-22-16-11-9-15(10-12-16)18(21)20-19-14(3)17-8-6-5-7-13(17)2/h5-12H,4H2,1-3H3,(H,20,21)/b19-14-. The van der Waals surface area contributed by atoms with Gasteiger partial charge in [-0.25, -0.2) is 5.43 Å². The topological polar surface area (TPSA) is 50.7 Å². The predicted molar refractivity (Wildman–Crippen MR) is 88.5 cm³/mol. The highest BCUT2D eigenvalue weighted by atomic mass is 16.5. The third kappa shape index (κ3) is 3.95. The lowest BCUT2D eigenvalue weighted by Crippen LogP contribution is -2.19. The molecule has 2 aromatic rings. The molecule has 0 aromatic heterocycles. The Labute approximate surface area is 130 Å². The summed E-state index contributed by atoms with van der Waals surface area (Å²) in [6, 6.07) is 14.9. The number of rotatable bonds is 5. The fraction of sp³-hybridized carbons (Fsp3) is 0.222. The van der Waals surface area contributed by atoms with Crippen LogP contribution in [0.2, 0.25) is 0 Å². The van der Waals surface area contributed by atoms with E-state index in [-0.39, 0.29) is 5.91 Å². The van der Waals surface area contributed by atoms with Gasteiger partial charge in [-0.15, -0.1) is 0 Å². The highest BCUT2D eigenvalue weighted by Gasteiger charge is 2.06. The maximum Gasteiger partial charge on any atom is 0.271 e. The van der Waals surface area contributed by atoms with Gasteiger partial charge in [-0.3, -0.25) is 4.79 Å². The summed E-state index contributed by atoms with van der Waals surface area (Å²) >= 11 is 0. The molecule has 114 valence electrons. The second-order valence-electron chi connectivity index (χ2n) is 4.91. The molecule has 4 heteroatoms. The van der Waals surface area contributed by atoms with Gasteiger partial charge in [0, 0.05) is 11.1 Å². The summed E-state index contributed by atoms with van der Waals surface area (Å²) < 4.78 is 5.35. The molecule has 2 aromatic carbocycles. The van der Waals surface area contributed by atoms with Crippen molar-refractivity contribution in [3.8, 4) is 5.75 Å². The number of amides is 1. The number of nitrogens with one attached hydrogen (secondary N) is 1. The van der Waals surface area contributed by atoms with E-state index in [1.165, 1.54) is 0 Å². The number of ether oxygens (including phenoxy) is 1. The van der Waals surface area contributed by atoms with Crippen LogP contribution in [0.3, 0.4) is 0 Å². The van der Waals surface area contributed by atoms with Crippen molar-refractivity contribution in [2.24, 2.45) is 5.10 Å². The average molecular weight is 296 g/mol. The molecule has 1 amide bonds. The van der Waals surface area contributed by atoms with Gasteiger partial charge in [0.1, 0.15) is 5.75 Å². The summed E-state index contributed by atoms with van der Waals surface area (Å²) in [6.45, 7) is 6.42. The smallest absolute Gasteiger partial charge is 0.271 e. The molecule has 0 aliphatic heterocycles. The highest BCUT2D eigenvalue weighted by Crippen LogP contribution is 2.12. The maximum atomic E-state index is 12.1. The largest absolute Gasteiger partial charge is 0.494 e. The molecule has 0 saturated heterocycles. The van der Waals surface area contributed by atoms with Crippen molar-refractivity contribution in [2.75, 3.05) is 6.61 Å². The normalized spacial score (nSPS) is 11.1. The Hall–Kier alpha value is -2.62. The van der Waals surface area contributed by atoms with Crippen LogP contribution in [0.15, 0.2) is 53.6 Å². The predicted octanol–water partition coefficient (Wildman–Crippen LogP) is 3.55. The Morgan fingerprint density at radius 2 is 1.82 bits per heavy atom. The van der Waals surface area contributed by atoms with E-state index in [1.807, 2.05) is 45.0 Å². The van der Waals surface area contributed by atoms with E-state index in [9.17, 15) is 4.79 Å². The van der Waals surface area contributed by atoms with Gasteiger partial charge in [0.25, 0.3) is 5.91 Å². The Morgan fingerprint density at radius 1 is 1.14 bits per heavy atom. The zero-order valence-electron chi connectivity index (χ0n) is 13.1. The van der Waals surface area contributed by atoms with Gasteiger partial charge in [0.15, 0.2) is 0 Å². The van der Waals surface area contributed by atoms with Crippen LogP contribution in [0.5, 0.6) is 5.75 Å². The van der Waals surface area contributed by atoms with E-state index < -0.39 is 0 Å². The van der Waals surface area contributed by atoms with E-state index in [4.69, 9.17) is 4.74 Å². The molecule has 0 unspecified atom stereocenters. The molecule has 22 heavy (non-hydrogen) atoms. The minimum atomic E-state index is -0.240. The molecule has 0 radical (unpaired) electrons. The van der Waals surface area contributed by atoms with Crippen LogP contribution in [0.25, 0.3) is 0 Å². The van der Waals surface area contributed by atoms with E-state index in [1.54, 1.807) is 24.3 Å². The average Bonchev–Trinajstić information content (AvgIpc) is 2.54. The molecule has 0 aliphatic carbocycles. The molecule has 0 fully saturated rings. The zero-order valence-corrected chi connectivity index (χ0v) is 13.1. The number of carbonyl (C=O) groups is 1. The third-order valence-corrected chi connectivity index (χ3v) is 3.29. The lowest BCUT2D eigenvalue weighted by Gasteiger charge is -2.06. The molecule has 0 spiro atoms. The first-order chi connectivity index (χ1) is 10.6. The fourth-order valence-corrected chi connectivity index (χ4v) is 2.11. The van der Waals surface area contributed by atoms with Gasteiger partial charge < -0.3 is 4.74 Å². The van der Waals surface area contributed by atoms with E-state index in [0.29, 0.717) is 12.2 Å². The molecule has 4 nitrogen and oxygen atoms in total. The van der Waals surface area contributed by atoms with Crippen LogP contribution >= 0.6 is 0 Å².